The van der Waals surface area contributed by atoms with Crippen LogP contribution in [0.4, 0.5) is 0 Å². The maximum absolute atomic E-state index is 6.45. The second-order valence-electron chi connectivity index (χ2n) is 12.2. The van der Waals surface area contributed by atoms with Crippen LogP contribution in [0, 0.1) is 11.5 Å². The van der Waals surface area contributed by atoms with Gasteiger partial charge in [-0.1, -0.05) is 126 Å². The van der Waals surface area contributed by atoms with Crippen molar-refractivity contribution in [3.63, 3.8) is 0 Å². The highest BCUT2D eigenvalue weighted by atomic mass is 79.9. The highest BCUT2D eigenvalue weighted by Gasteiger charge is 2.41. The Kier molecular flexibility index (Phi) is 19.6. The fourth-order valence-corrected chi connectivity index (χ4v) is 11.6. The van der Waals surface area contributed by atoms with Gasteiger partial charge in [-0.2, -0.15) is 0 Å². The smallest absolute Gasteiger partial charge is 0.146 e. The lowest BCUT2D eigenvalue weighted by Crippen LogP contribution is -2.43. The topological polar surface area (TPSA) is 18.5 Å². The first-order valence-corrected chi connectivity index (χ1v) is 19.9. The Morgan fingerprint density at radius 2 is 1.15 bits per heavy atom. The summed E-state index contributed by atoms with van der Waals surface area (Å²) in [4.78, 5) is 0. The van der Waals surface area contributed by atoms with Crippen LogP contribution in [0.25, 0.3) is 6.08 Å². The fourth-order valence-electron chi connectivity index (χ4n) is 5.89. The normalized spacial score (nSPS) is 11.6. The number of ether oxygens (including phenoxy) is 2. The third-order valence-electron chi connectivity index (χ3n) is 8.17. The van der Waals surface area contributed by atoms with Gasteiger partial charge >= 0.3 is 0 Å². The van der Waals surface area contributed by atoms with Crippen molar-refractivity contribution in [2.24, 2.45) is 0 Å². The number of rotatable bonds is 20. The maximum atomic E-state index is 6.45. The van der Waals surface area contributed by atoms with Crippen LogP contribution in [-0.4, -0.2) is 21.3 Å². The van der Waals surface area contributed by atoms with Crippen LogP contribution in [0.1, 0.15) is 144 Å². The van der Waals surface area contributed by atoms with Gasteiger partial charge in [-0.05, 0) is 73.5 Å². The first-order valence-electron chi connectivity index (χ1n) is 16.1. The van der Waals surface area contributed by atoms with Crippen LogP contribution in [0.15, 0.2) is 15.5 Å². The van der Waals surface area contributed by atoms with E-state index in [1.807, 2.05) is 0 Å². The molecule has 0 radical (unpaired) electrons. The molecule has 0 atom stereocenters. The molecule has 1 aromatic rings. The lowest BCUT2D eigenvalue weighted by atomic mass is 10.1. The summed E-state index contributed by atoms with van der Waals surface area (Å²) in [6.45, 7) is 20.2. The monoisotopic (exact) mass is 696 g/mol. The minimum absolute atomic E-state index is 0.586. The number of hydrogen-bond donors (Lipinski definition) is 0. The van der Waals surface area contributed by atoms with E-state index in [1.54, 1.807) is 0 Å². The minimum Gasteiger partial charge on any atom is -0.493 e. The lowest BCUT2D eigenvalue weighted by Gasteiger charge is -2.38. The highest BCUT2D eigenvalue weighted by molar-refractivity contribution is 9.28. The Morgan fingerprint density at radius 3 is 1.60 bits per heavy atom. The van der Waals surface area contributed by atoms with Crippen LogP contribution in [0.3, 0.4) is 0 Å². The lowest BCUT2D eigenvalue weighted by molar-refractivity contribution is 0.295. The highest BCUT2D eigenvalue weighted by Crippen LogP contribution is 2.41. The average molecular weight is 699 g/mol. The van der Waals surface area contributed by atoms with Crippen LogP contribution in [0.5, 0.6) is 11.5 Å². The van der Waals surface area contributed by atoms with Gasteiger partial charge in [-0.3, -0.25) is 0 Å². The van der Waals surface area contributed by atoms with Gasteiger partial charge in [0.2, 0.25) is 0 Å². The van der Waals surface area contributed by atoms with E-state index in [-0.39, 0.29) is 0 Å². The van der Waals surface area contributed by atoms with E-state index in [2.05, 4.69) is 117 Å². The maximum Gasteiger partial charge on any atom is 0.146 e. The first kappa shape index (κ1) is 37.3. The molecular weight excluding hydrogens is 640 g/mol. The second kappa shape index (κ2) is 21.1. The molecule has 0 aliphatic rings. The summed E-state index contributed by atoms with van der Waals surface area (Å²) < 4.78 is 13.7. The van der Waals surface area contributed by atoms with Gasteiger partial charge in [0.15, 0.2) is 0 Å². The average Bonchev–Trinajstić information content (AvgIpc) is 2.88. The summed E-state index contributed by atoms with van der Waals surface area (Å²) >= 11 is 7.13. The van der Waals surface area contributed by atoms with E-state index >= 15 is 0 Å². The summed E-state index contributed by atoms with van der Waals surface area (Å²) in [6, 6.07) is 4.26. The summed E-state index contributed by atoms with van der Waals surface area (Å²) in [6.07, 6.45) is 17.0. The Balaban J connectivity index is 3.34. The molecule has 2 nitrogen and oxygen atoms in total. The van der Waals surface area contributed by atoms with Crippen LogP contribution in [-0.2, 0) is 0 Å². The molecule has 0 N–H and O–H groups in total. The molecule has 0 amide bonds. The van der Waals surface area contributed by atoms with Crippen molar-refractivity contribution in [2.75, 3.05) is 13.2 Å². The van der Waals surface area contributed by atoms with E-state index in [0.29, 0.717) is 16.6 Å². The van der Waals surface area contributed by atoms with Gasteiger partial charge in [-0.25, -0.2) is 0 Å². The molecule has 0 aromatic heterocycles. The van der Waals surface area contributed by atoms with Crippen LogP contribution < -0.4 is 9.47 Å². The molecule has 0 aliphatic heterocycles. The summed E-state index contributed by atoms with van der Waals surface area (Å²) in [5.41, 5.74) is 7.65. The molecule has 0 heterocycles. The summed E-state index contributed by atoms with van der Waals surface area (Å²) in [7, 11) is -1.88. The quantitative estimate of drug-likeness (QED) is 0.0767. The van der Waals surface area contributed by atoms with Gasteiger partial charge in [0.25, 0.3) is 0 Å². The van der Waals surface area contributed by atoms with E-state index < -0.39 is 8.07 Å². The van der Waals surface area contributed by atoms with Gasteiger partial charge in [0.05, 0.1) is 22.2 Å². The largest absolute Gasteiger partial charge is 0.493 e. The Bertz CT molecular complexity index is 902. The predicted molar refractivity (Wildman–Crippen MR) is 188 cm³/mol. The molecule has 1 rings (SSSR count). The van der Waals surface area contributed by atoms with E-state index in [1.165, 1.54) is 64.2 Å². The predicted octanol–water partition coefficient (Wildman–Crippen LogP) is 12.8. The van der Waals surface area contributed by atoms with Crippen LogP contribution >= 0.6 is 31.9 Å². The number of benzene rings is 1. The minimum atomic E-state index is -1.88. The standard InChI is InChI=1S/C35H58Br2O2Si/c1-9-11-13-15-17-19-22-38-33-26-32(27-35(36)37)34(39-23-20-18-16-14-12-10-2)25-31(33)21-24-40(28(3)4,29(5)6)30(7)8/h25-30H,9-20,22-23H2,1-8H3. The van der Waals surface area contributed by atoms with Crippen molar-refractivity contribution >= 4 is 46.0 Å². The molecule has 0 spiro atoms. The number of hydrogen-bond acceptors (Lipinski definition) is 2. The van der Waals surface area contributed by atoms with Crippen molar-refractivity contribution in [1.29, 1.82) is 0 Å². The van der Waals surface area contributed by atoms with Crippen molar-refractivity contribution in [3.05, 3.63) is 26.7 Å². The van der Waals surface area contributed by atoms with Crippen molar-refractivity contribution in [1.82, 2.24) is 0 Å². The molecule has 0 aliphatic carbocycles. The molecule has 0 saturated carbocycles. The molecule has 0 bridgehead atoms. The molecule has 5 heteroatoms. The van der Waals surface area contributed by atoms with Crippen molar-refractivity contribution in [2.45, 2.75) is 149 Å². The molecule has 40 heavy (non-hydrogen) atoms. The SMILES string of the molecule is CCCCCCCCOc1cc(C=C(Br)Br)c(OCCCCCCCC)cc1C#C[Si](C(C)C)(C(C)C)C(C)C. The van der Waals surface area contributed by atoms with Crippen molar-refractivity contribution in [3.8, 4) is 23.0 Å². The molecular formula is C35H58Br2O2Si. The summed E-state index contributed by atoms with van der Waals surface area (Å²) in [5.74, 6) is 5.43. The van der Waals surface area contributed by atoms with Crippen LogP contribution in [0.2, 0.25) is 16.6 Å². The van der Waals surface area contributed by atoms with E-state index in [0.717, 1.165) is 52.1 Å². The zero-order chi connectivity index (χ0) is 30.0. The van der Waals surface area contributed by atoms with Gasteiger partial charge in [0, 0.05) is 11.6 Å². The van der Waals surface area contributed by atoms with Crippen molar-refractivity contribution < 1.29 is 9.47 Å². The first-order chi connectivity index (χ1) is 19.1. The zero-order valence-electron chi connectivity index (χ0n) is 26.9. The third kappa shape index (κ3) is 13.1. The molecule has 0 unspecified atom stereocenters. The zero-order valence-corrected chi connectivity index (χ0v) is 31.1. The molecule has 228 valence electrons. The van der Waals surface area contributed by atoms with Gasteiger partial charge in [0.1, 0.15) is 19.6 Å². The Morgan fingerprint density at radius 1 is 0.700 bits per heavy atom. The second-order valence-corrected chi connectivity index (χ2v) is 20.6. The van der Waals surface area contributed by atoms with Gasteiger partial charge in [-0.15, -0.1) is 5.54 Å². The van der Waals surface area contributed by atoms with E-state index in [9.17, 15) is 0 Å². The molecule has 0 fully saturated rings. The Labute approximate surface area is 266 Å². The summed E-state index contributed by atoms with van der Waals surface area (Å²) in [5, 5.41) is 0. The van der Waals surface area contributed by atoms with E-state index in [4.69, 9.17) is 9.47 Å². The molecule has 0 saturated heterocycles. The fraction of sp³-hybridized carbons (Fsp3) is 0.714. The number of unbranched alkanes of at least 4 members (excludes halogenated alkanes) is 10. The van der Waals surface area contributed by atoms with Gasteiger partial charge < -0.3 is 9.47 Å². The Hall–Kier alpha value is -0.703. The number of halogens is 2. The molecule has 1 aromatic carbocycles. The third-order valence-corrected chi connectivity index (χ3v) is 14.9.